The highest BCUT2D eigenvalue weighted by molar-refractivity contribution is 4.54. The quantitative estimate of drug-likeness (QED) is 0.471. The van der Waals surface area contributed by atoms with Crippen LogP contribution in [-0.2, 0) is 0 Å². The lowest BCUT2D eigenvalue weighted by molar-refractivity contribution is 0.538. The van der Waals surface area contributed by atoms with Gasteiger partial charge < -0.3 is 0 Å². The van der Waals surface area contributed by atoms with Gasteiger partial charge in [-0.25, -0.2) is 0 Å². The van der Waals surface area contributed by atoms with Crippen LogP contribution in [0, 0.1) is 19.8 Å². The fraction of sp³-hybridized carbons (Fsp3) is 0.833. The maximum atomic E-state index is 3.98. The number of hydrogen-bond acceptors (Lipinski definition) is 0. The molecule has 1 atom stereocenters. The summed E-state index contributed by atoms with van der Waals surface area (Å²) < 4.78 is 0. The van der Waals surface area contributed by atoms with Gasteiger partial charge in [-0.3, -0.25) is 0 Å². The third kappa shape index (κ3) is 10.0. The van der Waals surface area contributed by atoms with Crippen LogP contribution in [0.5, 0.6) is 0 Å². The summed E-state index contributed by atoms with van der Waals surface area (Å²) >= 11 is 0. The van der Waals surface area contributed by atoms with Crippen LogP contribution < -0.4 is 0 Å². The van der Waals surface area contributed by atoms with Gasteiger partial charge in [0, 0.05) is 0 Å². The molecule has 0 aromatic rings. The van der Waals surface area contributed by atoms with E-state index in [1.54, 1.807) is 0 Å². The van der Waals surface area contributed by atoms with Crippen LogP contribution in [0.25, 0.3) is 0 Å². The van der Waals surface area contributed by atoms with E-state index in [0.29, 0.717) is 5.92 Å². The molecule has 0 aliphatic heterocycles. The zero-order valence-electron chi connectivity index (χ0n) is 8.65. The zero-order chi connectivity index (χ0) is 9.23. The summed E-state index contributed by atoms with van der Waals surface area (Å²) in [6.07, 6.45) is 10.7. The smallest absolute Gasteiger partial charge is 0.0443 e. The molecule has 0 spiro atoms. The van der Waals surface area contributed by atoms with Gasteiger partial charge in [0.15, 0.2) is 0 Å². The van der Waals surface area contributed by atoms with E-state index in [0.717, 1.165) is 6.42 Å². The van der Waals surface area contributed by atoms with Crippen molar-refractivity contribution in [2.75, 3.05) is 0 Å². The molecule has 0 aromatic carbocycles. The van der Waals surface area contributed by atoms with Crippen molar-refractivity contribution >= 4 is 0 Å². The summed E-state index contributed by atoms with van der Waals surface area (Å²) in [4.78, 5) is 0. The molecule has 0 bridgehead atoms. The van der Waals surface area contributed by atoms with E-state index in [4.69, 9.17) is 0 Å². The summed E-state index contributed by atoms with van der Waals surface area (Å²) in [6, 6.07) is 0. The van der Waals surface area contributed by atoms with Crippen LogP contribution in [0.1, 0.15) is 58.3 Å². The number of unbranched alkanes of at least 4 members (excludes halogenated alkanes) is 6. The molecule has 1 unspecified atom stereocenters. The van der Waals surface area contributed by atoms with Crippen molar-refractivity contribution in [2.45, 2.75) is 58.3 Å². The van der Waals surface area contributed by atoms with Crippen LogP contribution in [0.3, 0.4) is 0 Å². The Morgan fingerprint density at radius 1 is 0.917 bits per heavy atom. The summed E-state index contributed by atoms with van der Waals surface area (Å²) in [6.45, 7) is 10.0. The Morgan fingerprint density at radius 3 is 1.92 bits per heavy atom. The van der Waals surface area contributed by atoms with Crippen molar-refractivity contribution in [2.24, 2.45) is 5.92 Å². The van der Waals surface area contributed by atoms with E-state index in [2.05, 4.69) is 20.8 Å². The second-order valence-corrected chi connectivity index (χ2v) is 3.87. The Bertz CT molecular complexity index is 74.1. The van der Waals surface area contributed by atoms with E-state index in [1.165, 1.54) is 44.9 Å². The highest BCUT2D eigenvalue weighted by atomic mass is 14.0. The molecule has 0 aromatic heterocycles. The molecule has 0 N–H and O–H groups in total. The van der Waals surface area contributed by atoms with Crippen LogP contribution in [-0.4, -0.2) is 0 Å². The normalized spacial score (nSPS) is 11.0. The predicted molar refractivity (Wildman–Crippen MR) is 56.8 cm³/mol. The van der Waals surface area contributed by atoms with Gasteiger partial charge >= 0.3 is 0 Å². The first-order valence-corrected chi connectivity index (χ1v) is 5.39. The molecular weight excluding hydrogens is 144 g/mol. The fourth-order valence-electron chi connectivity index (χ4n) is 1.38. The fourth-order valence-corrected chi connectivity index (χ4v) is 1.38. The van der Waals surface area contributed by atoms with Gasteiger partial charge in [-0.05, 0) is 5.92 Å². The molecule has 0 heterocycles. The lowest BCUT2D eigenvalue weighted by Crippen LogP contribution is -1.87. The van der Waals surface area contributed by atoms with E-state index >= 15 is 0 Å². The minimum Gasteiger partial charge on any atom is -0.0625 e. The highest BCUT2D eigenvalue weighted by Gasteiger charge is 1.94. The third-order valence-electron chi connectivity index (χ3n) is 2.20. The van der Waals surface area contributed by atoms with Gasteiger partial charge in [-0.1, -0.05) is 72.1 Å². The van der Waals surface area contributed by atoms with Crippen molar-refractivity contribution in [1.29, 1.82) is 0 Å². The van der Waals surface area contributed by atoms with E-state index < -0.39 is 0 Å². The lowest BCUT2D eigenvalue weighted by Gasteiger charge is -2.03. The molecule has 0 saturated carbocycles. The van der Waals surface area contributed by atoms with Gasteiger partial charge in [0.1, 0.15) is 0 Å². The van der Waals surface area contributed by atoms with Crippen LogP contribution in [0.2, 0.25) is 0 Å². The minimum atomic E-state index is 0.643. The van der Waals surface area contributed by atoms with E-state index in [9.17, 15) is 0 Å². The molecule has 0 heteroatoms. The van der Waals surface area contributed by atoms with Gasteiger partial charge in [-0.2, -0.15) is 0 Å². The summed E-state index contributed by atoms with van der Waals surface area (Å²) in [5, 5.41) is 0. The molecule has 72 valence electrons. The van der Waals surface area contributed by atoms with Crippen molar-refractivity contribution < 1.29 is 0 Å². The molecule has 12 heavy (non-hydrogen) atoms. The standard InChI is InChI=1S/C12H24/c1-4-5-6-7-8-9-10-11-12(2)3/h12H,1-2,4-11H2,3H3. The molecule has 0 nitrogen and oxygen atoms in total. The number of rotatable bonds is 8. The Labute approximate surface area is 78.8 Å². The maximum absolute atomic E-state index is 3.98. The van der Waals surface area contributed by atoms with Gasteiger partial charge in [0.05, 0.1) is 0 Å². The summed E-state index contributed by atoms with van der Waals surface area (Å²) in [5.41, 5.74) is 0. The molecule has 0 amide bonds. The largest absolute Gasteiger partial charge is 0.0625 e. The van der Waals surface area contributed by atoms with E-state index in [1.807, 2.05) is 0 Å². The first-order chi connectivity index (χ1) is 5.77. The predicted octanol–water partition coefficient (Wildman–Crippen LogP) is 4.41. The van der Waals surface area contributed by atoms with Crippen LogP contribution in [0.15, 0.2) is 0 Å². The third-order valence-corrected chi connectivity index (χ3v) is 2.20. The zero-order valence-corrected chi connectivity index (χ0v) is 8.65. The summed E-state index contributed by atoms with van der Waals surface area (Å²) in [5.74, 6) is 0.643. The monoisotopic (exact) mass is 168 g/mol. The molecular formula is C12H24. The van der Waals surface area contributed by atoms with Crippen molar-refractivity contribution in [3.63, 3.8) is 0 Å². The highest BCUT2D eigenvalue weighted by Crippen LogP contribution is 2.11. The van der Waals surface area contributed by atoms with Crippen molar-refractivity contribution in [3.05, 3.63) is 13.8 Å². The van der Waals surface area contributed by atoms with Gasteiger partial charge in [0.2, 0.25) is 0 Å². The Balaban J connectivity index is 2.82. The second kappa shape index (κ2) is 9.09. The van der Waals surface area contributed by atoms with Gasteiger partial charge in [0.25, 0.3) is 0 Å². The molecule has 0 rings (SSSR count). The second-order valence-electron chi connectivity index (χ2n) is 3.87. The topological polar surface area (TPSA) is 0 Å². The minimum absolute atomic E-state index is 0.643. The van der Waals surface area contributed by atoms with Crippen molar-refractivity contribution in [3.8, 4) is 0 Å². The number of hydrogen-bond donors (Lipinski definition) is 0. The Morgan fingerprint density at radius 2 is 1.42 bits per heavy atom. The lowest BCUT2D eigenvalue weighted by atomic mass is 10.0. The first kappa shape index (κ1) is 12.0. The average molecular weight is 168 g/mol. The van der Waals surface area contributed by atoms with E-state index in [-0.39, 0.29) is 0 Å². The SMILES string of the molecule is [CH2]CCCCCCCCC([CH2])C. The molecule has 0 fully saturated rings. The summed E-state index contributed by atoms with van der Waals surface area (Å²) in [7, 11) is 0. The van der Waals surface area contributed by atoms with Crippen LogP contribution >= 0.6 is 0 Å². The van der Waals surface area contributed by atoms with Gasteiger partial charge in [-0.15, -0.1) is 0 Å². The maximum Gasteiger partial charge on any atom is -0.0443 e. The average Bonchev–Trinajstić information content (AvgIpc) is 2.02. The van der Waals surface area contributed by atoms with Crippen LogP contribution in [0.4, 0.5) is 0 Å². The molecule has 2 radical (unpaired) electrons. The van der Waals surface area contributed by atoms with Crippen molar-refractivity contribution in [1.82, 2.24) is 0 Å². The molecule has 0 aliphatic carbocycles. The Kier molecular flexibility index (Phi) is 9.09. The first-order valence-electron chi connectivity index (χ1n) is 5.39. The Hall–Kier alpha value is 0. The molecule has 0 saturated heterocycles. The molecule has 0 aliphatic rings.